The lowest BCUT2D eigenvalue weighted by atomic mass is 9.82. The van der Waals surface area contributed by atoms with Crippen LogP contribution in [-0.2, 0) is 11.4 Å². The summed E-state index contributed by atoms with van der Waals surface area (Å²) in [5, 5.41) is 13.0. The maximum Gasteiger partial charge on any atom is 0.230 e. The van der Waals surface area contributed by atoms with Crippen molar-refractivity contribution in [2.75, 3.05) is 13.1 Å². The minimum atomic E-state index is -0.360. The zero-order valence-corrected chi connectivity index (χ0v) is 14.4. The molecule has 132 valence electrons. The van der Waals surface area contributed by atoms with Crippen LogP contribution in [0.3, 0.4) is 0 Å². The lowest BCUT2D eigenvalue weighted by Crippen LogP contribution is -2.52. The van der Waals surface area contributed by atoms with Crippen LogP contribution in [0.2, 0.25) is 0 Å². The molecule has 1 aromatic heterocycles. The highest BCUT2D eigenvalue weighted by Gasteiger charge is 2.42. The first kappa shape index (κ1) is 16.1. The van der Waals surface area contributed by atoms with Crippen LogP contribution in [0, 0.1) is 0 Å². The Labute approximate surface area is 146 Å². The third-order valence-electron chi connectivity index (χ3n) is 5.02. The lowest BCUT2D eigenvalue weighted by Gasteiger charge is -2.43. The molecule has 2 aromatic rings. The number of aliphatic hydroxyl groups is 1. The summed E-state index contributed by atoms with van der Waals surface area (Å²) in [4.78, 5) is 14.9. The van der Waals surface area contributed by atoms with Crippen LogP contribution in [0.25, 0.3) is 0 Å². The molecule has 1 unspecified atom stereocenters. The molecule has 1 atom stereocenters. The number of hydrogen-bond donors (Lipinski definition) is 1. The number of ether oxygens (including phenoxy) is 1. The molecular weight excluding hydrogens is 320 g/mol. The fourth-order valence-corrected chi connectivity index (χ4v) is 3.68. The van der Waals surface area contributed by atoms with Gasteiger partial charge in [-0.1, -0.05) is 23.4 Å². The number of para-hydroxylation sites is 1. The van der Waals surface area contributed by atoms with Gasteiger partial charge in [0.05, 0.1) is 11.6 Å². The van der Waals surface area contributed by atoms with Crippen molar-refractivity contribution >= 4 is 5.91 Å². The van der Waals surface area contributed by atoms with Gasteiger partial charge in [0.25, 0.3) is 0 Å². The summed E-state index contributed by atoms with van der Waals surface area (Å²) >= 11 is 0. The van der Waals surface area contributed by atoms with Gasteiger partial charge in [0, 0.05) is 37.1 Å². The molecule has 2 aliphatic heterocycles. The van der Waals surface area contributed by atoms with Crippen LogP contribution < -0.4 is 4.74 Å². The van der Waals surface area contributed by atoms with E-state index in [1.807, 2.05) is 43.0 Å². The Kier molecular flexibility index (Phi) is 3.80. The normalized spacial score (nSPS) is 22.0. The molecule has 0 bridgehead atoms. The Bertz CT molecular complexity index is 792. The van der Waals surface area contributed by atoms with E-state index in [-0.39, 0.29) is 30.0 Å². The van der Waals surface area contributed by atoms with Gasteiger partial charge in [-0.3, -0.25) is 4.79 Å². The van der Waals surface area contributed by atoms with Crippen LogP contribution in [0.4, 0.5) is 0 Å². The average Bonchev–Trinajstić information content (AvgIpc) is 3.00. The van der Waals surface area contributed by atoms with Crippen LogP contribution in [-0.4, -0.2) is 39.8 Å². The SMILES string of the molecule is CC1(C)CC(C(=O)N2CC(c3cc(CO)on3)C2)c2ccccc2O1. The molecule has 0 saturated carbocycles. The van der Waals surface area contributed by atoms with Gasteiger partial charge >= 0.3 is 0 Å². The van der Waals surface area contributed by atoms with Gasteiger partial charge in [0.1, 0.15) is 18.0 Å². The van der Waals surface area contributed by atoms with Crippen molar-refractivity contribution in [3.05, 3.63) is 47.3 Å². The Hall–Kier alpha value is -2.34. The summed E-state index contributed by atoms with van der Waals surface area (Å²) in [7, 11) is 0. The Balaban J connectivity index is 1.49. The van der Waals surface area contributed by atoms with Gasteiger partial charge < -0.3 is 19.3 Å². The number of hydrogen-bond acceptors (Lipinski definition) is 5. The maximum absolute atomic E-state index is 13.1. The second-order valence-electron chi connectivity index (χ2n) is 7.47. The van der Waals surface area contributed by atoms with E-state index in [1.165, 1.54) is 0 Å². The third kappa shape index (κ3) is 2.91. The van der Waals surface area contributed by atoms with E-state index in [9.17, 15) is 4.79 Å². The van der Waals surface area contributed by atoms with E-state index in [2.05, 4.69) is 5.16 Å². The molecule has 1 aromatic carbocycles. The summed E-state index contributed by atoms with van der Waals surface area (Å²) in [6.07, 6.45) is 0.669. The van der Waals surface area contributed by atoms with E-state index in [4.69, 9.17) is 14.4 Å². The van der Waals surface area contributed by atoms with Crippen LogP contribution >= 0.6 is 0 Å². The standard InChI is InChI=1S/C19H22N2O4/c1-19(2)8-15(14-5-3-4-6-17(14)24-19)18(23)21-9-12(10-21)16-7-13(11-22)25-20-16/h3-7,12,15,22H,8-11H2,1-2H3. The van der Waals surface area contributed by atoms with Gasteiger partial charge in [0.2, 0.25) is 5.91 Å². The molecular formula is C19H22N2O4. The van der Waals surface area contributed by atoms with Crippen LogP contribution in [0.1, 0.15) is 49.1 Å². The number of nitrogens with zero attached hydrogens (tertiary/aromatic N) is 2. The van der Waals surface area contributed by atoms with Crippen LogP contribution in [0.5, 0.6) is 5.75 Å². The number of benzene rings is 1. The van der Waals surface area contributed by atoms with Crippen molar-refractivity contribution in [2.24, 2.45) is 0 Å². The summed E-state index contributed by atoms with van der Waals surface area (Å²) in [6, 6.07) is 9.56. The number of aliphatic hydroxyl groups excluding tert-OH is 1. The van der Waals surface area contributed by atoms with E-state index >= 15 is 0 Å². The fourth-order valence-electron chi connectivity index (χ4n) is 3.68. The highest BCUT2D eigenvalue weighted by molar-refractivity contribution is 5.86. The van der Waals surface area contributed by atoms with E-state index in [0.29, 0.717) is 25.3 Å². The van der Waals surface area contributed by atoms with Crippen LogP contribution in [0.15, 0.2) is 34.9 Å². The molecule has 1 fully saturated rings. The number of carbonyl (C=O) groups is 1. The number of aromatic nitrogens is 1. The average molecular weight is 342 g/mol. The minimum absolute atomic E-state index is 0.144. The summed E-state index contributed by atoms with van der Waals surface area (Å²) in [5.74, 6) is 1.41. The predicted octanol–water partition coefficient (Wildman–Crippen LogP) is 2.44. The monoisotopic (exact) mass is 342 g/mol. The lowest BCUT2D eigenvalue weighted by molar-refractivity contribution is -0.139. The summed E-state index contributed by atoms with van der Waals surface area (Å²) in [5.41, 5.74) is 1.42. The first-order valence-corrected chi connectivity index (χ1v) is 8.60. The number of likely N-dealkylation sites (tertiary alicyclic amines) is 1. The molecule has 0 radical (unpaired) electrons. The van der Waals surface area contributed by atoms with Crippen molar-refractivity contribution in [1.82, 2.24) is 10.1 Å². The van der Waals surface area contributed by atoms with Gasteiger partial charge in [-0.25, -0.2) is 0 Å². The highest BCUT2D eigenvalue weighted by Crippen LogP contribution is 2.42. The number of carbonyl (C=O) groups excluding carboxylic acids is 1. The molecule has 6 nitrogen and oxygen atoms in total. The number of amides is 1. The molecule has 0 spiro atoms. The Morgan fingerprint density at radius 2 is 2.12 bits per heavy atom. The zero-order valence-electron chi connectivity index (χ0n) is 14.4. The van der Waals surface area contributed by atoms with Crippen molar-refractivity contribution in [3.8, 4) is 5.75 Å². The summed E-state index contributed by atoms with van der Waals surface area (Å²) in [6.45, 7) is 5.16. The molecule has 1 saturated heterocycles. The summed E-state index contributed by atoms with van der Waals surface area (Å²) < 4.78 is 11.1. The van der Waals surface area contributed by atoms with Crippen molar-refractivity contribution in [1.29, 1.82) is 0 Å². The molecule has 0 aliphatic carbocycles. The van der Waals surface area contributed by atoms with E-state index in [1.54, 1.807) is 6.07 Å². The Morgan fingerprint density at radius 1 is 1.36 bits per heavy atom. The second-order valence-corrected chi connectivity index (χ2v) is 7.47. The first-order valence-electron chi connectivity index (χ1n) is 8.60. The van der Waals surface area contributed by atoms with Crippen molar-refractivity contribution in [3.63, 3.8) is 0 Å². The first-order chi connectivity index (χ1) is 12.0. The largest absolute Gasteiger partial charge is 0.488 e. The molecule has 3 heterocycles. The molecule has 1 N–H and O–H groups in total. The quantitative estimate of drug-likeness (QED) is 0.927. The van der Waals surface area contributed by atoms with Gasteiger partial charge in [-0.05, 0) is 19.9 Å². The predicted molar refractivity (Wildman–Crippen MR) is 90.3 cm³/mol. The van der Waals surface area contributed by atoms with E-state index < -0.39 is 0 Å². The molecule has 1 amide bonds. The van der Waals surface area contributed by atoms with Gasteiger partial charge in [0.15, 0.2) is 5.76 Å². The molecule has 25 heavy (non-hydrogen) atoms. The molecule has 4 rings (SSSR count). The maximum atomic E-state index is 13.1. The number of rotatable bonds is 3. The van der Waals surface area contributed by atoms with Crippen molar-refractivity contribution in [2.45, 2.75) is 44.3 Å². The topological polar surface area (TPSA) is 75.8 Å². The van der Waals surface area contributed by atoms with Crippen molar-refractivity contribution < 1.29 is 19.2 Å². The van der Waals surface area contributed by atoms with E-state index in [0.717, 1.165) is 17.0 Å². The smallest absolute Gasteiger partial charge is 0.230 e. The molecule has 2 aliphatic rings. The fraction of sp³-hybridized carbons (Fsp3) is 0.474. The van der Waals surface area contributed by atoms with Gasteiger partial charge in [-0.2, -0.15) is 0 Å². The minimum Gasteiger partial charge on any atom is -0.488 e. The zero-order chi connectivity index (χ0) is 17.6. The highest BCUT2D eigenvalue weighted by atomic mass is 16.5. The third-order valence-corrected chi connectivity index (χ3v) is 5.02. The molecule has 6 heteroatoms. The second kappa shape index (κ2) is 5.88. The number of fused-ring (bicyclic) bond motifs is 1. The van der Waals surface area contributed by atoms with Gasteiger partial charge in [-0.15, -0.1) is 0 Å². The Morgan fingerprint density at radius 3 is 2.84 bits per heavy atom.